The van der Waals surface area contributed by atoms with Crippen molar-refractivity contribution in [2.75, 3.05) is 0 Å². The van der Waals surface area contributed by atoms with Crippen LogP contribution in [-0.2, 0) is 19.1 Å². The summed E-state index contributed by atoms with van der Waals surface area (Å²) in [5, 5.41) is 0. The van der Waals surface area contributed by atoms with Gasteiger partial charge in [-0.15, -0.1) is 0 Å². The number of cyclic esters (lactones) is 2. The molecule has 0 aliphatic carbocycles. The lowest BCUT2D eigenvalue weighted by molar-refractivity contribution is -0.222. The largest absolute Gasteiger partial charge is 0.419 e. The maximum absolute atomic E-state index is 13.0. The van der Waals surface area contributed by atoms with Gasteiger partial charge in [0.25, 0.3) is 5.79 Å². The maximum Gasteiger partial charge on any atom is 0.348 e. The zero-order chi connectivity index (χ0) is 14.2. The van der Waals surface area contributed by atoms with Crippen molar-refractivity contribution in [3.8, 4) is 0 Å². The second-order valence-corrected chi connectivity index (χ2v) is 4.74. The van der Waals surface area contributed by atoms with Crippen molar-refractivity contribution in [1.29, 1.82) is 0 Å². The van der Waals surface area contributed by atoms with Crippen molar-refractivity contribution in [3.05, 3.63) is 40.7 Å². The third kappa shape index (κ3) is 2.81. The van der Waals surface area contributed by atoms with E-state index in [-0.39, 0.29) is 11.4 Å². The van der Waals surface area contributed by atoms with Gasteiger partial charge in [0.1, 0.15) is 11.4 Å². The molecule has 0 amide bonds. The van der Waals surface area contributed by atoms with Crippen molar-refractivity contribution < 1.29 is 23.5 Å². The van der Waals surface area contributed by atoms with Crippen molar-refractivity contribution in [3.63, 3.8) is 0 Å². The van der Waals surface area contributed by atoms with Crippen LogP contribution in [0.4, 0.5) is 4.39 Å². The number of esters is 2. The summed E-state index contributed by atoms with van der Waals surface area (Å²) >= 11 is 0. The zero-order valence-electron chi connectivity index (χ0n) is 10.8. The standard InChI is InChI=1S/C14H13FO4/c1-8-6-10(15)5-4-9(8)7-11-12(16)18-14(2,3)19-13(11)17/h4-7H,1-3H3. The van der Waals surface area contributed by atoms with Gasteiger partial charge in [0, 0.05) is 13.8 Å². The molecule has 4 nitrogen and oxygen atoms in total. The number of aryl methyl sites for hydroxylation is 1. The van der Waals surface area contributed by atoms with E-state index in [1.807, 2.05) is 0 Å². The number of carbonyl (C=O) groups is 2. The van der Waals surface area contributed by atoms with Crippen LogP contribution in [0.2, 0.25) is 0 Å². The zero-order valence-corrected chi connectivity index (χ0v) is 10.8. The molecule has 0 N–H and O–H groups in total. The molecular weight excluding hydrogens is 251 g/mol. The molecule has 0 saturated carbocycles. The monoisotopic (exact) mass is 264 g/mol. The third-order valence-electron chi connectivity index (χ3n) is 2.65. The van der Waals surface area contributed by atoms with Gasteiger partial charge in [0.15, 0.2) is 0 Å². The van der Waals surface area contributed by atoms with E-state index in [1.165, 1.54) is 38.1 Å². The van der Waals surface area contributed by atoms with Crippen molar-refractivity contribution in [2.24, 2.45) is 0 Å². The summed E-state index contributed by atoms with van der Waals surface area (Å²) in [5.41, 5.74) is 0.969. The van der Waals surface area contributed by atoms with E-state index >= 15 is 0 Å². The first kappa shape index (κ1) is 13.3. The lowest BCUT2D eigenvalue weighted by Crippen LogP contribution is -2.41. The smallest absolute Gasteiger partial charge is 0.348 e. The molecule has 0 spiro atoms. The molecular formula is C14H13FO4. The van der Waals surface area contributed by atoms with Crippen molar-refractivity contribution in [2.45, 2.75) is 26.6 Å². The minimum Gasteiger partial charge on any atom is -0.419 e. The lowest BCUT2D eigenvalue weighted by Gasteiger charge is -2.29. The Morgan fingerprint density at radius 3 is 2.26 bits per heavy atom. The van der Waals surface area contributed by atoms with Gasteiger partial charge in [-0.05, 0) is 36.3 Å². The number of ether oxygens (including phenoxy) is 2. The predicted molar refractivity (Wildman–Crippen MR) is 65.4 cm³/mol. The predicted octanol–water partition coefficient (Wildman–Crippen LogP) is 2.35. The van der Waals surface area contributed by atoms with Crippen LogP contribution in [0.5, 0.6) is 0 Å². The Hall–Kier alpha value is -2.17. The molecule has 0 aromatic heterocycles. The molecule has 1 aromatic carbocycles. The number of benzene rings is 1. The van der Waals surface area contributed by atoms with E-state index in [4.69, 9.17) is 9.47 Å². The average Bonchev–Trinajstić information content (AvgIpc) is 2.24. The van der Waals surface area contributed by atoms with Gasteiger partial charge >= 0.3 is 11.9 Å². The highest BCUT2D eigenvalue weighted by Gasteiger charge is 2.38. The van der Waals surface area contributed by atoms with Gasteiger partial charge in [-0.3, -0.25) is 0 Å². The number of hydrogen-bond donors (Lipinski definition) is 0. The van der Waals surface area contributed by atoms with Gasteiger partial charge in [0.05, 0.1) is 0 Å². The van der Waals surface area contributed by atoms with Crippen LogP contribution >= 0.6 is 0 Å². The second kappa shape index (κ2) is 4.50. The van der Waals surface area contributed by atoms with E-state index in [1.54, 1.807) is 6.92 Å². The SMILES string of the molecule is Cc1cc(F)ccc1C=C1C(=O)OC(C)(C)OC1=O. The molecule has 1 saturated heterocycles. The molecule has 1 aliphatic heterocycles. The molecule has 0 radical (unpaired) electrons. The van der Waals surface area contributed by atoms with E-state index in [0.29, 0.717) is 11.1 Å². The average molecular weight is 264 g/mol. The Balaban J connectivity index is 2.38. The summed E-state index contributed by atoms with van der Waals surface area (Å²) in [6.45, 7) is 4.63. The molecule has 1 aliphatic rings. The molecule has 0 atom stereocenters. The summed E-state index contributed by atoms with van der Waals surface area (Å²) in [7, 11) is 0. The van der Waals surface area contributed by atoms with Crippen molar-refractivity contribution in [1.82, 2.24) is 0 Å². The Labute approximate surface area is 109 Å². The minimum atomic E-state index is -1.26. The first-order valence-corrected chi connectivity index (χ1v) is 5.73. The van der Waals surface area contributed by atoms with Gasteiger partial charge < -0.3 is 9.47 Å². The molecule has 1 aromatic rings. The van der Waals surface area contributed by atoms with E-state index in [2.05, 4.69) is 0 Å². The highest BCUT2D eigenvalue weighted by molar-refractivity contribution is 6.18. The van der Waals surface area contributed by atoms with Crippen LogP contribution in [0, 0.1) is 12.7 Å². The van der Waals surface area contributed by atoms with Gasteiger partial charge in [0.2, 0.25) is 0 Å². The molecule has 0 bridgehead atoms. The lowest BCUT2D eigenvalue weighted by atomic mass is 10.0. The fourth-order valence-corrected chi connectivity index (χ4v) is 1.74. The first-order valence-electron chi connectivity index (χ1n) is 5.73. The van der Waals surface area contributed by atoms with Crippen LogP contribution in [0.25, 0.3) is 6.08 Å². The van der Waals surface area contributed by atoms with Gasteiger partial charge in [-0.1, -0.05) is 6.07 Å². The van der Waals surface area contributed by atoms with Gasteiger partial charge in [-0.25, -0.2) is 14.0 Å². The van der Waals surface area contributed by atoms with Crippen LogP contribution in [0.15, 0.2) is 23.8 Å². The fraction of sp³-hybridized carbons (Fsp3) is 0.286. The molecule has 5 heteroatoms. The molecule has 2 rings (SSSR count). The normalized spacial score (nSPS) is 17.8. The third-order valence-corrected chi connectivity index (χ3v) is 2.65. The number of hydrogen-bond acceptors (Lipinski definition) is 4. The Morgan fingerprint density at radius 1 is 1.16 bits per heavy atom. The highest BCUT2D eigenvalue weighted by atomic mass is 19.1. The molecule has 1 fully saturated rings. The molecule has 100 valence electrons. The van der Waals surface area contributed by atoms with Crippen LogP contribution in [0.3, 0.4) is 0 Å². The van der Waals surface area contributed by atoms with Crippen LogP contribution in [0.1, 0.15) is 25.0 Å². The summed E-state index contributed by atoms with van der Waals surface area (Å²) in [4.78, 5) is 23.5. The number of carbonyl (C=O) groups excluding carboxylic acids is 2. The van der Waals surface area contributed by atoms with E-state index in [9.17, 15) is 14.0 Å². The van der Waals surface area contributed by atoms with Crippen LogP contribution < -0.4 is 0 Å². The summed E-state index contributed by atoms with van der Waals surface area (Å²) < 4.78 is 22.9. The Morgan fingerprint density at radius 2 is 1.74 bits per heavy atom. The quantitative estimate of drug-likeness (QED) is 0.444. The topological polar surface area (TPSA) is 52.6 Å². The highest BCUT2D eigenvalue weighted by Crippen LogP contribution is 2.25. The minimum absolute atomic E-state index is 0.200. The first-order chi connectivity index (χ1) is 8.78. The number of halogens is 1. The molecule has 1 heterocycles. The number of rotatable bonds is 1. The van der Waals surface area contributed by atoms with Crippen LogP contribution in [-0.4, -0.2) is 17.7 Å². The summed E-state index contributed by atoms with van der Waals surface area (Å²) in [6, 6.07) is 4.05. The van der Waals surface area contributed by atoms with Crippen molar-refractivity contribution >= 4 is 18.0 Å². The summed E-state index contributed by atoms with van der Waals surface area (Å²) in [5.74, 6) is -3.13. The Bertz CT molecular complexity index is 565. The second-order valence-electron chi connectivity index (χ2n) is 4.74. The van der Waals surface area contributed by atoms with E-state index < -0.39 is 17.7 Å². The molecule has 19 heavy (non-hydrogen) atoms. The fourth-order valence-electron chi connectivity index (χ4n) is 1.74. The Kier molecular flexibility index (Phi) is 3.14. The maximum atomic E-state index is 13.0. The molecule has 0 unspecified atom stereocenters. The van der Waals surface area contributed by atoms with Gasteiger partial charge in [-0.2, -0.15) is 0 Å². The summed E-state index contributed by atoms with van der Waals surface area (Å²) in [6.07, 6.45) is 1.34. The van der Waals surface area contributed by atoms with E-state index in [0.717, 1.165) is 0 Å².